The lowest BCUT2D eigenvalue weighted by atomic mass is 9.88. The zero-order valence-electron chi connectivity index (χ0n) is 14.4. The van der Waals surface area contributed by atoms with E-state index < -0.39 is 10.0 Å². The first-order valence-corrected chi connectivity index (χ1v) is 10.7. The average Bonchev–Trinajstić information content (AvgIpc) is 3.22. The van der Waals surface area contributed by atoms with Crippen LogP contribution in [0.3, 0.4) is 0 Å². The number of benzene rings is 2. The van der Waals surface area contributed by atoms with Gasteiger partial charge in [0, 0.05) is 10.3 Å². The van der Waals surface area contributed by atoms with Crippen molar-refractivity contribution in [3.05, 3.63) is 71.8 Å². The molecule has 0 heterocycles. The van der Waals surface area contributed by atoms with Crippen LogP contribution in [0.25, 0.3) is 11.1 Å². The summed E-state index contributed by atoms with van der Waals surface area (Å²) in [6, 6.07) is 15.0. The first-order valence-electron chi connectivity index (χ1n) is 8.75. The minimum absolute atomic E-state index is 0.128. The summed E-state index contributed by atoms with van der Waals surface area (Å²) in [5.41, 5.74) is 4.68. The normalized spacial score (nSPS) is 18.8. The molecule has 0 bridgehead atoms. The first kappa shape index (κ1) is 17.6. The molecular weight excluding hydrogens is 362 g/mol. The molecule has 134 valence electrons. The van der Waals surface area contributed by atoms with Crippen LogP contribution in [0.1, 0.15) is 36.8 Å². The number of hydrogen-bond acceptors (Lipinski definition) is 3. The molecule has 0 amide bonds. The van der Waals surface area contributed by atoms with E-state index in [0.717, 1.165) is 16.0 Å². The third-order valence-electron chi connectivity index (χ3n) is 5.36. The summed E-state index contributed by atoms with van der Waals surface area (Å²) in [4.78, 5) is 1.08. The summed E-state index contributed by atoms with van der Waals surface area (Å²) in [7, 11) is -3.68. The highest BCUT2D eigenvalue weighted by molar-refractivity contribution is 7.89. The quantitative estimate of drug-likeness (QED) is 0.757. The molecule has 0 atom stereocenters. The van der Waals surface area contributed by atoms with Gasteiger partial charge in [0.05, 0.1) is 4.90 Å². The van der Waals surface area contributed by atoms with Crippen LogP contribution < -0.4 is 5.14 Å². The number of allylic oxidation sites excluding steroid dienone is 4. The molecule has 0 radical (unpaired) electrons. The summed E-state index contributed by atoms with van der Waals surface area (Å²) in [5, 5.41) is 5.23. The van der Waals surface area contributed by atoms with Crippen LogP contribution in [-0.2, 0) is 10.0 Å². The van der Waals surface area contributed by atoms with Crippen LogP contribution in [0.15, 0.2) is 70.5 Å². The molecule has 0 saturated heterocycles. The van der Waals surface area contributed by atoms with Gasteiger partial charge in [-0.25, -0.2) is 13.6 Å². The second-order valence-corrected chi connectivity index (χ2v) is 9.25. The van der Waals surface area contributed by atoms with Gasteiger partial charge in [-0.15, -0.1) is 12.6 Å². The smallest absolute Gasteiger partial charge is 0.225 e. The average molecular weight is 384 g/mol. The minimum Gasteiger partial charge on any atom is -0.225 e. The summed E-state index contributed by atoms with van der Waals surface area (Å²) in [6.07, 6.45) is 9.59. The zero-order valence-corrected chi connectivity index (χ0v) is 16.1. The Balaban J connectivity index is 1.79. The predicted molar refractivity (Wildman–Crippen MR) is 108 cm³/mol. The second-order valence-electron chi connectivity index (χ2n) is 7.17. The molecule has 2 N–H and O–H groups in total. The van der Waals surface area contributed by atoms with Gasteiger partial charge in [0.1, 0.15) is 0 Å². The molecule has 1 fully saturated rings. The van der Waals surface area contributed by atoms with Gasteiger partial charge in [0.25, 0.3) is 0 Å². The Morgan fingerprint density at radius 2 is 1.27 bits per heavy atom. The van der Waals surface area contributed by atoms with Gasteiger partial charge in [-0.2, -0.15) is 0 Å². The summed E-state index contributed by atoms with van der Waals surface area (Å²) < 4.78 is 23.1. The maximum Gasteiger partial charge on any atom is 0.238 e. The van der Waals surface area contributed by atoms with Crippen LogP contribution in [0.2, 0.25) is 0 Å². The molecule has 5 heteroatoms. The van der Waals surface area contributed by atoms with E-state index in [2.05, 4.69) is 36.9 Å². The molecule has 26 heavy (non-hydrogen) atoms. The SMILES string of the molecule is NS(=O)(=O)c1ccc(C2=CC3(C=C2c2ccc(S)cc2)CCCC3)cc1. The largest absolute Gasteiger partial charge is 0.238 e. The number of nitrogens with two attached hydrogens (primary N) is 1. The van der Waals surface area contributed by atoms with E-state index in [0.29, 0.717) is 0 Å². The van der Waals surface area contributed by atoms with Crippen LogP contribution in [0, 0.1) is 5.41 Å². The lowest BCUT2D eigenvalue weighted by Gasteiger charge is -2.16. The fraction of sp³-hybridized carbons (Fsp3) is 0.238. The Morgan fingerprint density at radius 1 is 0.808 bits per heavy atom. The Morgan fingerprint density at radius 3 is 1.73 bits per heavy atom. The monoisotopic (exact) mass is 383 g/mol. The molecule has 0 unspecified atom stereocenters. The highest BCUT2D eigenvalue weighted by Gasteiger charge is 2.35. The number of thiol groups is 1. The van der Waals surface area contributed by atoms with E-state index in [1.807, 2.05) is 24.3 Å². The standard InChI is InChI=1S/C21H21NO2S2/c22-26(23,24)18-9-5-16(6-10-18)20-14-21(11-1-2-12-21)13-19(20)15-3-7-17(25)8-4-15/h3-10,13-14,25H,1-2,11-12H2,(H2,22,23,24). The number of rotatable bonds is 3. The molecule has 1 saturated carbocycles. The Bertz CT molecular complexity index is 995. The molecule has 0 aromatic heterocycles. The third kappa shape index (κ3) is 3.27. The van der Waals surface area contributed by atoms with E-state index in [9.17, 15) is 8.42 Å². The second kappa shape index (κ2) is 6.41. The third-order valence-corrected chi connectivity index (χ3v) is 6.59. The van der Waals surface area contributed by atoms with Crippen molar-refractivity contribution in [2.45, 2.75) is 35.5 Å². The lowest BCUT2D eigenvalue weighted by Crippen LogP contribution is -2.11. The van der Waals surface area contributed by atoms with E-state index in [-0.39, 0.29) is 10.3 Å². The molecule has 0 aliphatic heterocycles. The highest BCUT2D eigenvalue weighted by atomic mass is 32.2. The van der Waals surface area contributed by atoms with Crippen molar-refractivity contribution in [3.8, 4) is 0 Å². The van der Waals surface area contributed by atoms with Crippen LogP contribution in [0.4, 0.5) is 0 Å². The topological polar surface area (TPSA) is 60.2 Å². The van der Waals surface area contributed by atoms with Crippen molar-refractivity contribution in [1.82, 2.24) is 0 Å². The van der Waals surface area contributed by atoms with Crippen LogP contribution in [0.5, 0.6) is 0 Å². The van der Waals surface area contributed by atoms with E-state index in [4.69, 9.17) is 5.14 Å². The molecule has 2 aliphatic carbocycles. The van der Waals surface area contributed by atoms with Gasteiger partial charge in [-0.1, -0.05) is 49.3 Å². The molecule has 2 aliphatic rings. The Labute approximate surface area is 160 Å². The van der Waals surface area contributed by atoms with Gasteiger partial charge < -0.3 is 0 Å². The van der Waals surface area contributed by atoms with Gasteiger partial charge in [-0.05, 0) is 59.4 Å². The number of primary sulfonamides is 1. The van der Waals surface area contributed by atoms with Crippen molar-refractivity contribution >= 4 is 33.8 Å². The van der Waals surface area contributed by atoms with Gasteiger partial charge in [0.15, 0.2) is 0 Å². The molecule has 3 nitrogen and oxygen atoms in total. The van der Waals surface area contributed by atoms with Crippen molar-refractivity contribution < 1.29 is 8.42 Å². The fourth-order valence-electron chi connectivity index (χ4n) is 4.04. The maximum atomic E-state index is 11.5. The van der Waals surface area contributed by atoms with Crippen LogP contribution >= 0.6 is 12.6 Å². The van der Waals surface area contributed by atoms with Crippen LogP contribution in [-0.4, -0.2) is 8.42 Å². The highest BCUT2D eigenvalue weighted by Crippen LogP contribution is 2.51. The first-order chi connectivity index (χ1) is 12.4. The number of hydrogen-bond donors (Lipinski definition) is 2. The lowest BCUT2D eigenvalue weighted by molar-refractivity contribution is 0.523. The molecule has 2 aromatic rings. The van der Waals surface area contributed by atoms with Crippen molar-refractivity contribution in [3.63, 3.8) is 0 Å². The van der Waals surface area contributed by atoms with Gasteiger partial charge in [-0.3, -0.25) is 0 Å². The van der Waals surface area contributed by atoms with Gasteiger partial charge >= 0.3 is 0 Å². The maximum absolute atomic E-state index is 11.5. The van der Waals surface area contributed by atoms with Crippen molar-refractivity contribution in [2.75, 3.05) is 0 Å². The van der Waals surface area contributed by atoms with Gasteiger partial charge in [0.2, 0.25) is 10.0 Å². The minimum atomic E-state index is -3.68. The predicted octanol–water partition coefficient (Wildman–Crippen LogP) is 4.66. The van der Waals surface area contributed by atoms with E-state index in [1.165, 1.54) is 36.8 Å². The summed E-state index contributed by atoms with van der Waals surface area (Å²) in [5.74, 6) is 0. The van der Waals surface area contributed by atoms with Crippen molar-refractivity contribution in [1.29, 1.82) is 0 Å². The van der Waals surface area contributed by atoms with E-state index in [1.54, 1.807) is 12.1 Å². The summed E-state index contributed by atoms with van der Waals surface area (Å²) >= 11 is 4.38. The molecule has 1 spiro atoms. The molecule has 2 aromatic carbocycles. The van der Waals surface area contributed by atoms with E-state index >= 15 is 0 Å². The Kier molecular flexibility index (Phi) is 4.34. The fourth-order valence-corrected chi connectivity index (χ4v) is 4.70. The Hall–Kier alpha value is -1.82. The molecule has 4 rings (SSSR count). The number of sulfonamides is 1. The molecular formula is C21H21NO2S2. The van der Waals surface area contributed by atoms with Crippen molar-refractivity contribution in [2.24, 2.45) is 10.6 Å². The summed E-state index contributed by atoms with van der Waals surface area (Å²) in [6.45, 7) is 0. The zero-order chi connectivity index (χ0) is 18.4.